The molecule has 0 saturated heterocycles. The second-order valence-electron chi connectivity index (χ2n) is 4.92. The molecule has 0 saturated carbocycles. The molecule has 0 aromatic carbocycles. The van der Waals surface area contributed by atoms with Crippen molar-refractivity contribution in [2.45, 2.75) is 77.8 Å². The van der Waals surface area contributed by atoms with E-state index >= 15 is 0 Å². The highest BCUT2D eigenvalue weighted by Crippen LogP contribution is 2.31. The first kappa shape index (κ1) is 17.5. The molecule has 0 aliphatic carbocycles. The minimum atomic E-state index is -4.08. The fourth-order valence-electron chi connectivity index (χ4n) is 1.93. The first-order chi connectivity index (χ1) is 8.52. The molecule has 3 heteroatoms. The lowest BCUT2D eigenvalue weighted by atomic mass is 9.99. The third-order valence-electron chi connectivity index (χ3n) is 3.13. The minimum Gasteiger partial charge on any atom is -0.170 e. The van der Waals surface area contributed by atoms with Gasteiger partial charge in [-0.2, -0.15) is 13.2 Å². The van der Waals surface area contributed by atoms with Crippen molar-refractivity contribution in [2.75, 3.05) is 0 Å². The summed E-state index contributed by atoms with van der Waals surface area (Å²) in [6, 6.07) is 0. The molecule has 108 valence electrons. The smallest absolute Gasteiger partial charge is 0.170 e. The standard InChI is InChI=1S/C15H27F3/c1-3-5-7-9-11-13-14(15(16,17)18)12-10-8-6-4-2/h11,13-14H,3-10,12H2,1-2H3/b13-11+. The zero-order valence-electron chi connectivity index (χ0n) is 11.7. The molecular weight excluding hydrogens is 237 g/mol. The van der Waals surface area contributed by atoms with Crippen LogP contribution in [-0.4, -0.2) is 6.18 Å². The summed E-state index contributed by atoms with van der Waals surface area (Å²) in [5.74, 6) is -1.24. The van der Waals surface area contributed by atoms with E-state index in [0.29, 0.717) is 6.42 Å². The highest BCUT2D eigenvalue weighted by Gasteiger charge is 2.36. The third kappa shape index (κ3) is 9.55. The van der Waals surface area contributed by atoms with Crippen molar-refractivity contribution >= 4 is 0 Å². The number of unbranched alkanes of at least 4 members (excludes halogenated alkanes) is 6. The molecule has 0 aliphatic rings. The molecule has 0 N–H and O–H groups in total. The Morgan fingerprint density at radius 1 is 0.889 bits per heavy atom. The quantitative estimate of drug-likeness (QED) is 0.322. The predicted octanol–water partition coefficient (Wildman–Crippen LogP) is 6.27. The Hall–Kier alpha value is -0.470. The second kappa shape index (κ2) is 10.5. The first-order valence-electron chi connectivity index (χ1n) is 7.25. The molecule has 1 atom stereocenters. The van der Waals surface area contributed by atoms with Gasteiger partial charge in [-0.3, -0.25) is 0 Å². The molecule has 0 spiro atoms. The molecule has 0 fully saturated rings. The monoisotopic (exact) mass is 264 g/mol. The van der Waals surface area contributed by atoms with Crippen LogP contribution in [-0.2, 0) is 0 Å². The lowest BCUT2D eigenvalue weighted by Crippen LogP contribution is -2.20. The summed E-state index contributed by atoms with van der Waals surface area (Å²) in [7, 11) is 0. The summed E-state index contributed by atoms with van der Waals surface area (Å²) in [6.45, 7) is 4.16. The Morgan fingerprint density at radius 2 is 1.50 bits per heavy atom. The number of allylic oxidation sites excluding steroid dienone is 2. The zero-order chi connectivity index (χ0) is 13.9. The topological polar surface area (TPSA) is 0 Å². The lowest BCUT2D eigenvalue weighted by molar-refractivity contribution is -0.162. The van der Waals surface area contributed by atoms with Gasteiger partial charge in [-0.05, 0) is 19.3 Å². The van der Waals surface area contributed by atoms with Gasteiger partial charge >= 0.3 is 6.18 Å². The summed E-state index contributed by atoms with van der Waals surface area (Å²) in [6.07, 6.45) is 6.91. The fraction of sp³-hybridized carbons (Fsp3) is 0.867. The van der Waals surface area contributed by atoms with Gasteiger partial charge < -0.3 is 0 Å². The van der Waals surface area contributed by atoms with Crippen LogP contribution in [0.4, 0.5) is 13.2 Å². The van der Waals surface area contributed by atoms with E-state index in [4.69, 9.17) is 0 Å². The zero-order valence-corrected chi connectivity index (χ0v) is 11.7. The Bertz CT molecular complexity index is 206. The average Bonchev–Trinajstić information content (AvgIpc) is 2.30. The Kier molecular flexibility index (Phi) is 10.2. The summed E-state index contributed by atoms with van der Waals surface area (Å²) in [5, 5.41) is 0. The van der Waals surface area contributed by atoms with Crippen molar-refractivity contribution in [3.8, 4) is 0 Å². The number of halogens is 3. The van der Waals surface area contributed by atoms with Crippen molar-refractivity contribution in [2.24, 2.45) is 5.92 Å². The van der Waals surface area contributed by atoms with E-state index in [0.717, 1.165) is 44.9 Å². The molecule has 0 rings (SSSR count). The van der Waals surface area contributed by atoms with E-state index in [2.05, 4.69) is 13.8 Å². The molecule has 0 heterocycles. The van der Waals surface area contributed by atoms with E-state index in [9.17, 15) is 13.2 Å². The molecule has 0 aromatic heterocycles. The molecule has 0 radical (unpaired) electrons. The molecule has 1 unspecified atom stereocenters. The van der Waals surface area contributed by atoms with E-state index in [1.165, 1.54) is 6.08 Å². The van der Waals surface area contributed by atoms with Crippen LogP contribution >= 0.6 is 0 Å². The van der Waals surface area contributed by atoms with Gasteiger partial charge in [-0.25, -0.2) is 0 Å². The summed E-state index contributed by atoms with van der Waals surface area (Å²) in [5.41, 5.74) is 0. The van der Waals surface area contributed by atoms with E-state index < -0.39 is 12.1 Å². The van der Waals surface area contributed by atoms with Gasteiger partial charge in [0.15, 0.2) is 0 Å². The predicted molar refractivity (Wildman–Crippen MR) is 71.6 cm³/mol. The van der Waals surface area contributed by atoms with Gasteiger partial charge in [0.1, 0.15) is 0 Å². The fourth-order valence-corrected chi connectivity index (χ4v) is 1.93. The van der Waals surface area contributed by atoms with Crippen LogP contribution in [0.5, 0.6) is 0 Å². The summed E-state index contributed by atoms with van der Waals surface area (Å²) in [4.78, 5) is 0. The average molecular weight is 264 g/mol. The van der Waals surface area contributed by atoms with Gasteiger partial charge in [0.25, 0.3) is 0 Å². The number of hydrogen-bond acceptors (Lipinski definition) is 0. The van der Waals surface area contributed by atoms with Crippen molar-refractivity contribution < 1.29 is 13.2 Å². The first-order valence-corrected chi connectivity index (χ1v) is 7.25. The third-order valence-corrected chi connectivity index (χ3v) is 3.13. The minimum absolute atomic E-state index is 0.244. The largest absolute Gasteiger partial charge is 0.395 e. The highest BCUT2D eigenvalue weighted by atomic mass is 19.4. The van der Waals surface area contributed by atoms with Crippen molar-refractivity contribution in [1.82, 2.24) is 0 Å². The summed E-state index contributed by atoms with van der Waals surface area (Å²) >= 11 is 0. The van der Waals surface area contributed by atoms with Crippen LogP contribution in [0.3, 0.4) is 0 Å². The Morgan fingerprint density at radius 3 is 2.06 bits per heavy atom. The van der Waals surface area contributed by atoms with E-state index in [1.54, 1.807) is 6.08 Å². The van der Waals surface area contributed by atoms with Crippen molar-refractivity contribution in [1.29, 1.82) is 0 Å². The number of rotatable bonds is 10. The van der Waals surface area contributed by atoms with Crippen LogP contribution in [0.15, 0.2) is 12.2 Å². The van der Waals surface area contributed by atoms with Gasteiger partial charge in [-0.15, -0.1) is 0 Å². The molecule has 0 aliphatic heterocycles. The maximum absolute atomic E-state index is 12.8. The lowest BCUT2D eigenvalue weighted by Gasteiger charge is -2.16. The molecule has 18 heavy (non-hydrogen) atoms. The summed E-state index contributed by atoms with van der Waals surface area (Å²) < 4.78 is 38.3. The van der Waals surface area contributed by atoms with Crippen LogP contribution in [0.2, 0.25) is 0 Å². The van der Waals surface area contributed by atoms with Crippen molar-refractivity contribution in [3.63, 3.8) is 0 Å². The SMILES string of the molecule is CCCCC/C=C/C(CCCCCC)C(F)(F)F. The van der Waals surface area contributed by atoms with Gasteiger partial charge in [0.2, 0.25) is 0 Å². The van der Waals surface area contributed by atoms with Crippen LogP contribution < -0.4 is 0 Å². The second-order valence-corrected chi connectivity index (χ2v) is 4.92. The Balaban J connectivity index is 4.00. The normalized spacial score (nSPS) is 14.3. The van der Waals surface area contributed by atoms with E-state index in [-0.39, 0.29) is 6.42 Å². The molecule has 0 bridgehead atoms. The molecule has 0 amide bonds. The van der Waals surface area contributed by atoms with Crippen LogP contribution in [0.25, 0.3) is 0 Å². The van der Waals surface area contributed by atoms with E-state index in [1.807, 2.05) is 0 Å². The molecular formula is C15H27F3. The maximum atomic E-state index is 12.8. The van der Waals surface area contributed by atoms with Gasteiger partial charge in [0, 0.05) is 0 Å². The van der Waals surface area contributed by atoms with Gasteiger partial charge in [0.05, 0.1) is 5.92 Å². The van der Waals surface area contributed by atoms with Crippen LogP contribution in [0, 0.1) is 5.92 Å². The highest BCUT2D eigenvalue weighted by molar-refractivity contribution is 4.92. The maximum Gasteiger partial charge on any atom is 0.395 e. The molecule has 0 aromatic rings. The number of alkyl halides is 3. The van der Waals surface area contributed by atoms with Crippen molar-refractivity contribution in [3.05, 3.63) is 12.2 Å². The van der Waals surface area contributed by atoms with Gasteiger partial charge in [-0.1, -0.05) is 64.5 Å². The van der Waals surface area contributed by atoms with Crippen LogP contribution in [0.1, 0.15) is 71.6 Å². The Labute approximate surface area is 110 Å². The number of hydrogen-bond donors (Lipinski definition) is 0. The molecule has 0 nitrogen and oxygen atoms in total.